The van der Waals surface area contributed by atoms with Gasteiger partial charge in [0.05, 0.1) is 5.02 Å². The third kappa shape index (κ3) is 3.17. The average molecular weight is 260 g/mol. The molecule has 0 unspecified atom stereocenters. The van der Waals surface area contributed by atoms with E-state index in [1.54, 1.807) is 0 Å². The zero-order valence-electron chi connectivity index (χ0n) is 9.25. The summed E-state index contributed by atoms with van der Waals surface area (Å²) in [4.78, 5) is 22.4. The van der Waals surface area contributed by atoms with Gasteiger partial charge in [0.1, 0.15) is 11.4 Å². The second kappa shape index (κ2) is 4.71. The lowest BCUT2D eigenvalue weighted by atomic mass is 10.1. The van der Waals surface area contributed by atoms with Gasteiger partial charge in [-0.25, -0.2) is 9.18 Å². The molecular formula is C11H11ClFNO3. The summed E-state index contributed by atoms with van der Waals surface area (Å²) < 4.78 is 13.1. The van der Waals surface area contributed by atoms with Crippen LogP contribution in [0.15, 0.2) is 18.2 Å². The first-order valence-electron chi connectivity index (χ1n) is 4.75. The van der Waals surface area contributed by atoms with Crippen molar-refractivity contribution in [2.24, 2.45) is 0 Å². The Labute approximate surface area is 102 Å². The van der Waals surface area contributed by atoms with Gasteiger partial charge in [-0.2, -0.15) is 0 Å². The van der Waals surface area contributed by atoms with Crippen LogP contribution in [0.3, 0.4) is 0 Å². The molecule has 1 amide bonds. The number of carbonyl (C=O) groups is 2. The summed E-state index contributed by atoms with van der Waals surface area (Å²) in [5, 5.41) is 11.0. The Kier molecular flexibility index (Phi) is 3.72. The second-order valence-corrected chi connectivity index (χ2v) is 4.42. The number of nitrogens with one attached hydrogen (secondary N) is 1. The number of rotatable bonds is 3. The molecule has 1 aromatic carbocycles. The molecule has 0 heterocycles. The maximum absolute atomic E-state index is 13.1. The molecule has 17 heavy (non-hydrogen) atoms. The van der Waals surface area contributed by atoms with Crippen molar-refractivity contribution in [3.8, 4) is 0 Å². The van der Waals surface area contributed by atoms with Crippen LogP contribution in [-0.4, -0.2) is 22.5 Å². The Morgan fingerprint density at radius 2 is 2.00 bits per heavy atom. The molecule has 0 atom stereocenters. The number of hydrogen-bond donors (Lipinski definition) is 2. The summed E-state index contributed by atoms with van der Waals surface area (Å²) in [5.41, 5.74) is -1.41. The fourth-order valence-electron chi connectivity index (χ4n) is 1.05. The van der Waals surface area contributed by atoms with Crippen molar-refractivity contribution in [1.29, 1.82) is 0 Å². The first kappa shape index (κ1) is 13.4. The van der Waals surface area contributed by atoms with Crippen molar-refractivity contribution in [3.05, 3.63) is 34.6 Å². The van der Waals surface area contributed by atoms with Crippen molar-refractivity contribution < 1.29 is 19.1 Å². The molecule has 0 spiro atoms. The summed E-state index contributed by atoms with van der Waals surface area (Å²) >= 11 is 5.47. The molecule has 0 bridgehead atoms. The largest absolute Gasteiger partial charge is 0.480 e. The number of halogens is 2. The number of benzene rings is 1. The Balaban J connectivity index is 2.91. The number of hydrogen-bond acceptors (Lipinski definition) is 2. The maximum atomic E-state index is 13.1. The maximum Gasteiger partial charge on any atom is 0.328 e. The van der Waals surface area contributed by atoms with E-state index in [4.69, 9.17) is 16.7 Å². The second-order valence-electron chi connectivity index (χ2n) is 4.01. The normalized spacial score (nSPS) is 11.1. The van der Waals surface area contributed by atoms with Crippen LogP contribution in [0.1, 0.15) is 24.2 Å². The zero-order valence-corrected chi connectivity index (χ0v) is 10.0. The van der Waals surface area contributed by atoms with E-state index in [1.807, 2.05) is 0 Å². The van der Waals surface area contributed by atoms with Crippen LogP contribution >= 0.6 is 11.6 Å². The molecule has 0 saturated heterocycles. The molecule has 1 aromatic rings. The third-order valence-corrected chi connectivity index (χ3v) is 2.45. The molecular weight excluding hydrogens is 249 g/mol. The van der Waals surface area contributed by atoms with Gasteiger partial charge in [0.15, 0.2) is 0 Å². The average Bonchev–Trinajstić information content (AvgIpc) is 2.21. The van der Waals surface area contributed by atoms with E-state index in [0.717, 1.165) is 6.07 Å². The van der Waals surface area contributed by atoms with E-state index < -0.39 is 23.2 Å². The fraction of sp³-hybridized carbons (Fsp3) is 0.273. The molecule has 4 nitrogen and oxygen atoms in total. The summed E-state index contributed by atoms with van der Waals surface area (Å²) in [6.45, 7) is 2.67. The van der Waals surface area contributed by atoms with Crippen LogP contribution < -0.4 is 5.32 Å². The fourth-order valence-corrected chi connectivity index (χ4v) is 1.16. The Hall–Kier alpha value is -1.62. The Bertz CT molecular complexity index is 474. The van der Waals surface area contributed by atoms with Gasteiger partial charge in [-0.05, 0) is 32.0 Å². The number of amides is 1. The summed E-state index contributed by atoms with van der Waals surface area (Å²) in [6, 6.07) is 3.51. The molecule has 0 aromatic heterocycles. The molecule has 0 aliphatic heterocycles. The van der Waals surface area contributed by atoms with E-state index in [1.165, 1.54) is 26.0 Å². The van der Waals surface area contributed by atoms with Crippen LogP contribution in [0.2, 0.25) is 5.02 Å². The molecule has 92 valence electrons. The molecule has 1 rings (SSSR count). The molecule has 6 heteroatoms. The van der Waals surface area contributed by atoms with Crippen LogP contribution in [-0.2, 0) is 4.79 Å². The van der Waals surface area contributed by atoms with E-state index >= 15 is 0 Å². The predicted octanol–water partition coefficient (Wildman–Crippen LogP) is 2.07. The van der Waals surface area contributed by atoms with Crippen molar-refractivity contribution in [1.82, 2.24) is 5.32 Å². The topological polar surface area (TPSA) is 66.4 Å². The van der Waals surface area contributed by atoms with Gasteiger partial charge in [-0.3, -0.25) is 4.79 Å². The predicted molar refractivity (Wildman–Crippen MR) is 60.6 cm³/mol. The van der Waals surface area contributed by atoms with Crippen molar-refractivity contribution >= 4 is 23.5 Å². The first-order valence-corrected chi connectivity index (χ1v) is 5.13. The molecule has 2 N–H and O–H groups in total. The Morgan fingerprint density at radius 3 is 2.47 bits per heavy atom. The summed E-state index contributed by atoms with van der Waals surface area (Å²) in [7, 11) is 0. The molecule has 0 aliphatic rings. The summed E-state index contributed by atoms with van der Waals surface area (Å²) in [5.74, 6) is -2.58. The quantitative estimate of drug-likeness (QED) is 0.873. The number of carbonyl (C=O) groups excluding carboxylic acids is 1. The SMILES string of the molecule is CC(C)(NC(=O)c1ccc(Cl)c(F)c1)C(=O)O. The van der Waals surface area contributed by atoms with Gasteiger partial charge in [-0.1, -0.05) is 11.6 Å². The lowest BCUT2D eigenvalue weighted by molar-refractivity contribution is -0.143. The van der Waals surface area contributed by atoms with Crippen molar-refractivity contribution in [2.45, 2.75) is 19.4 Å². The van der Waals surface area contributed by atoms with Crippen LogP contribution in [0.4, 0.5) is 4.39 Å². The van der Waals surface area contributed by atoms with E-state index in [2.05, 4.69) is 5.32 Å². The molecule has 0 fully saturated rings. The highest BCUT2D eigenvalue weighted by Crippen LogP contribution is 2.16. The smallest absolute Gasteiger partial charge is 0.328 e. The summed E-state index contributed by atoms with van der Waals surface area (Å²) in [6.07, 6.45) is 0. The number of carboxylic acids is 1. The standard InChI is InChI=1S/C11H11ClFNO3/c1-11(2,10(16)17)14-9(15)6-3-4-7(12)8(13)5-6/h3-5H,1-2H3,(H,14,15)(H,16,17). The minimum Gasteiger partial charge on any atom is -0.480 e. The highest BCUT2D eigenvalue weighted by molar-refractivity contribution is 6.30. The number of aliphatic carboxylic acids is 1. The number of carboxylic acid groups (broad SMARTS) is 1. The monoisotopic (exact) mass is 259 g/mol. The van der Waals surface area contributed by atoms with Gasteiger partial charge in [0.25, 0.3) is 5.91 Å². The third-order valence-electron chi connectivity index (χ3n) is 2.14. The van der Waals surface area contributed by atoms with Crippen LogP contribution in [0.25, 0.3) is 0 Å². The van der Waals surface area contributed by atoms with Crippen molar-refractivity contribution in [2.75, 3.05) is 0 Å². The van der Waals surface area contributed by atoms with Gasteiger partial charge in [0, 0.05) is 5.56 Å². The van der Waals surface area contributed by atoms with E-state index in [9.17, 15) is 14.0 Å². The highest BCUT2D eigenvalue weighted by atomic mass is 35.5. The minimum absolute atomic E-state index is 0.0150. The van der Waals surface area contributed by atoms with E-state index in [-0.39, 0.29) is 10.6 Å². The Morgan fingerprint density at radius 1 is 1.41 bits per heavy atom. The molecule has 0 radical (unpaired) electrons. The highest BCUT2D eigenvalue weighted by Gasteiger charge is 2.29. The van der Waals surface area contributed by atoms with Gasteiger partial charge < -0.3 is 10.4 Å². The molecule has 0 saturated carbocycles. The van der Waals surface area contributed by atoms with Gasteiger partial charge in [0.2, 0.25) is 0 Å². The zero-order chi connectivity index (χ0) is 13.2. The lowest BCUT2D eigenvalue weighted by Crippen LogP contribution is -2.49. The van der Waals surface area contributed by atoms with Gasteiger partial charge >= 0.3 is 5.97 Å². The van der Waals surface area contributed by atoms with E-state index in [0.29, 0.717) is 0 Å². The minimum atomic E-state index is -1.42. The lowest BCUT2D eigenvalue weighted by Gasteiger charge is -2.20. The van der Waals surface area contributed by atoms with Crippen LogP contribution in [0, 0.1) is 5.82 Å². The molecule has 0 aliphatic carbocycles. The first-order chi connectivity index (χ1) is 7.74. The van der Waals surface area contributed by atoms with Gasteiger partial charge in [-0.15, -0.1) is 0 Å². The van der Waals surface area contributed by atoms with Crippen LogP contribution in [0.5, 0.6) is 0 Å². The van der Waals surface area contributed by atoms with Crippen molar-refractivity contribution in [3.63, 3.8) is 0 Å².